The van der Waals surface area contributed by atoms with Gasteiger partial charge in [0.05, 0.1) is 17.7 Å². The molecule has 0 radical (unpaired) electrons. The van der Waals surface area contributed by atoms with E-state index in [1.165, 1.54) is 0 Å². The van der Waals surface area contributed by atoms with Crippen molar-refractivity contribution in [2.24, 2.45) is 0 Å². The van der Waals surface area contributed by atoms with E-state index >= 15 is 0 Å². The van der Waals surface area contributed by atoms with E-state index in [1.54, 1.807) is 12.1 Å². The van der Waals surface area contributed by atoms with E-state index in [4.69, 9.17) is 17.0 Å². The molecule has 0 spiro atoms. The number of benzene rings is 2. The Balaban J connectivity index is 1.74. The molecule has 3 N–H and O–H groups in total. The minimum Gasteiger partial charge on any atom is -0.459 e. The van der Waals surface area contributed by atoms with Crippen molar-refractivity contribution < 1.29 is 14.3 Å². The molecule has 1 atom stereocenters. The van der Waals surface area contributed by atoms with Gasteiger partial charge < -0.3 is 25.6 Å². The van der Waals surface area contributed by atoms with Crippen molar-refractivity contribution in [1.82, 2.24) is 15.5 Å². The zero-order valence-electron chi connectivity index (χ0n) is 19.3. The number of nitrogens with zero attached hydrogens (tertiary/aromatic N) is 1. The molecule has 2 aromatic carbocycles. The summed E-state index contributed by atoms with van der Waals surface area (Å²) in [5, 5.41) is 9.49. The lowest BCUT2D eigenvalue weighted by Crippen LogP contribution is -2.47. The predicted octanol–water partition coefficient (Wildman–Crippen LogP) is 4.49. The number of rotatable bonds is 7. The molecule has 0 fully saturated rings. The molecule has 1 aliphatic heterocycles. The van der Waals surface area contributed by atoms with E-state index in [9.17, 15) is 9.59 Å². The van der Waals surface area contributed by atoms with Gasteiger partial charge in [0.2, 0.25) is 0 Å². The number of ether oxygens (including phenoxy) is 1. The first-order valence-corrected chi connectivity index (χ1v) is 11.4. The quantitative estimate of drug-likeness (QED) is 0.412. The van der Waals surface area contributed by atoms with Crippen LogP contribution in [0.4, 0.5) is 10.5 Å². The van der Waals surface area contributed by atoms with Crippen molar-refractivity contribution in [2.75, 3.05) is 11.9 Å². The summed E-state index contributed by atoms with van der Waals surface area (Å²) in [7, 11) is 0. The first-order valence-electron chi connectivity index (χ1n) is 11.0. The third-order valence-corrected chi connectivity index (χ3v) is 5.61. The normalized spacial score (nSPS) is 15.8. The number of esters is 1. The molecular weight excluding hydrogens is 436 g/mol. The van der Waals surface area contributed by atoms with Crippen LogP contribution in [0.5, 0.6) is 0 Å². The molecule has 7 nitrogen and oxygen atoms in total. The summed E-state index contributed by atoms with van der Waals surface area (Å²) in [6.07, 6.45) is -0.233. The molecule has 3 rings (SSSR count). The second-order valence-corrected chi connectivity index (χ2v) is 8.38. The van der Waals surface area contributed by atoms with Gasteiger partial charge in [-0.2, -0.15) is 0 Å². The van der Waals surface area contributed by atoms with Crippen LogP contribution in [0, 0.1) is 0 Å². The van der Waals surface area contributed by atoms with Gasteiger partial charge in [-0.05, 0) is 63.2 Å². The molecule has 1 heterocycles. The Kier molecular flexibility index (Phi) is 8.06. The lowest BCUT2D eigenvalue weighted by atomic mass is 9.94. The van der Waals surface area contributed by atoms with E-state index in [1.807, 2.05) is 75.1 Å². The van der Waals surface area contributed by atoms with Gasteiger partial charge in [0, 0.05) is 24.5 Å². The number of carbonyl (C=O) groups is 2. The molecule has 0 bridgehead atoms. The number of nitrogens with one attached hydrogen (secondary N) is 3. The standard InChI is InChI=1S/C25H30N4O3S/c1-5-29-17(4)21(23(30)32-16(2)3)22(28-25(29)33)19-11-13-20(14-12-19)27-24(31)26-15-18-9-7-6-8-10-18/h6-14,16,22H,5,15H2,1-4H3,(H,28,33)(H2,26,27,31). The summed E-state index contributed by atoms with van der Waals surface area (Å²) in [6, 6.07) is 16.3. The fourth-order valence-electron chi connectivity index (χ4n) is 3.67. The number of hydrogen-bond donors (Lipinski definition) is 3. The highest BCUT2D eigenvalue weighted by molar-refractivity contribution is 7.80. The van der Waals surface area contributed by atoms with Crippen LogP contribution in [-0.2, 0) is 16.1 Å². The fourth-order valence-corrected chi connectivity index (χ4v) is 4.05. The van der Waals surface area contributed by atoms with E-state index in [-0.39, 0.29) is 18.1 Å². The van der Waals surface area contributed by atoms with Gasteiger partial charge in [-0.15, -0.1) is 0 Å². The Bertz CT molecular complexity index is 1040. The van der Waals surface area contributed by atoms with Crippen LogP contribution in [0.2, 0.25) is 0 Å². The largest absolute Gasteiger partial charge is 0.459 e. The van der Waals surface area contributed by atoms with E-state index in [0.717, 1.165) is 16.8 Å². The second kappa shape index (κ2) is 11.0. The Labute approximate surface area is 200 Å². The predicted molar refractivity (Wildman–Crippen MR) is 134 cm³/mol. The molecule has 2 amide bonds. The summed E-state index contributed by atoms with van der Waals surface area (Å²) in [4.78, 5) is 27.0. The molecule has 0 aromatic heterocycles. The average molecular weight is 467 g/mol. The third-order valence-electron chi connectivity index (χ3n) is 5.27. The molecule has 33 heavy (non-hydrogen) atoms. The summed E-state index contributed by atoms with van der Waals surface area (Å²) >= 11 is 5.52. The monoisotopic (exact) mass is 466 g/mol. The summed E-state index contributed by atoms with van der Waals surface area (Å²) in [5.74, 6) is -0.372. The summed E-state index contributed by atoms with van der Waals surface area (Å²) in [5.41, 5.74) is 3.81. The zero-order valence-corrected chi connectivity index (χ0v) is 20.2. The maximum Gasteiger partial charge on any atom is 0.338 e. The average Bonchev–Trinajstić information content (AvgIpc) is 2.78. The molecule has 1 aliphatic rings. The van der Waals surface area contributed by atoms with Gasteiger partial charge in [0.25, 0.3) is 0 Å². The van der Waals surface area contributed by atoms with Crippen LogP contribution in [0.1, 0.15) is 44.9 Å². The van der Waals surface area contributed by atoms with Gasteiger partial charge in [-0.3, -0.25) is 0 Å². The van der Waals surface area contributed by atoms with Crippen LogP contribution in [-0.4, -0.2) is 34.7 Å². The number of allylic oxidation sites excluding steroid dienone is 1. The number of anilines is 1. The van der Waals surface area contributed by atoms with Gasteiger partial charge in [0.1, 0.15) is 0 Å². The fraction of sp³-hybridized carbons (Fsp3) is 0.320. The Morgan fingerprint density at radius 2 is 1.79 bits per heavy atom. The van der Waals surface area contributed by atoms with Crippen molar-refractivity contribution in [3.8, 4) is 0 Å². The molecule has 8 heteroatoms. The first kappa shape index (κ1) is 24.3. The van der Waals surface area contributed by atoms with Crippen LogP contribution < -0.4 is 16.0 Å². The first-order chi connectivity index (χ1) is 15.8. The second-order valence-electron chi connectivity index (χ2n) is 8.00. The number of urea groups is 1. The molecule has 0 saturated carbocycles. The number of thiocarbonyl (C=S) groups is 1. The van der Waals surface area contributed by atoms with Crippen molar-refractivity contribution in [2.45, 2.75) is 46.4 Å². The maximum absolute atomic E-state index is 12.9. The minimum absolute atomic E-state index is 0.233. The lowest BCUT2D eigenvalue weighted by molar-refractivity contribution is -0.143. The van der Waals surface area contributed by atoms with Crippen molar-refractivity contribution in [3.63, 3.8) is 0 Å². The zero-order chi connectivity index (χ0) is 24.0. The summed E-state index contributed by atoms with van der Waals surface area (Å²) in [6.45, 7) is 8.59. The molecule has 1 unspecified atom stereocenters. The van der Waals surface area contributed by atoms with Crippen molar-refractivity contribution >= 4 is 35.0 Å². The van der Waals surface area contributed by atoms with Crippen LogP contribution in [0.15, 0.2) is 65.9 Å². The maximum atomic E-state index is 12.9. The molecule has 0 aliphatic carbocycles. The summed E-state index contributed by atoms with van der Waals surface area (Å²) < 4.78 is 5.51. The molecule has 2 aromatic rings. The third kappa shape index (κ3) is 6.10. The highest BCUT2D eigenvalue weighted by Gasteiger charge is 2.34. The molecule has 174 valence electrons. The Hall–Kier alpha value is -3.39. The number of carbonyl (C=O) groups excluding carboxylic acids is 2. The van der Waals surface area contributed by atoms with Crippen LogP contribution in [0.3, 0.4) is 0 Å². The van der Waals surface area contributed by atoms with Gasteiger partial charge in [-0.25, -0.2) is 9.59 Å². The van der Waals surface area contributed by atoms with Crippen molar-refractivity contribution in [3.05, 3.63) is 77.0 Å². The lowest BCUT2D eigenvalue weighted by Gasteiger charge is -2.37. The molecule has 0 saturated heterocycles. The van der Waals surface area contributed by atoms with Crippen LogP contribution >= 0.6 is 12.2 Å². The van der Waals surface area contributed by atoms with E-state index in [2.05, 4.69) is 16.0 Å². The van der Waals surface area contributed by atoms with Crippen LogP contribution in [0.25, 0.3) is 0 Å². The number of hydrogen-bond acceptors (Lipinski definition) is 4. The van der Waals surface area contributed by atoms with E-state index in [0.29, 0.717) is 29.5 Å². The van der Waals surface area contributed by atoms with Gasteiger partial charge >= 0.3 is 12.0 Å². The highest BCUT2D eigenvalue weighted by Crippen LogP contribution is 2.32. The number of amides is 2. The van der Waals surface area contributed by atoms with Crippen molar-refractivity contribution in [1.29, 1.82) is 0 Å². The Morgan fingerprint density at radius 1 is 1.12 bits per heavy atom. The van der Waals surface area contributed by atoms with Gasteiger partial charge in [-0.1, -0.05) is 42.5 Å². The Morgan fingerprint density at radius 3 is 2.39 bits per heavy atom. The minimum atomic E-state index is -0.437. The van der Waals surface area contributed by atoms with E-state index < -0.39 is 6.04 Å². The topological polar surface area (TPSA) is 82.7 Å². The highest BCUT2D eigenvalue weighted by atomic mass is 32.1. The molecular formula is C25H30N4O3S. The SMILES string of the molecule is CCN1C(=S)NC(c2ccc(NC(=O)NCc3ccccc3)cc2)C(C(=O)OC(C)C)=C1C. The smallest absolute Gasteiger partial charge is 0.338 e. The van der Waals surface area contributed by atoms with Gasteiger partial charge in [0.15, 0.2) is 5.11 Å².